The maximum absolute atomic E-state index is 16.2. The number of ether oxygens (including phenoxy) is 4. The summed E-state index contributed by atoms with van der Waals surface area (Å²) in [7, 11) is -3.36. The zero-order valence-electron chi connectivity index (χ0n) is 28.9. The summed E-state index contributed by atoms with van der Waals surface area (Å²) in [6.07, 6.45) is -5.91. The van der Waals surface area contributed by atoms with Crippen molar-refractivity contribution < 1.29 is 56.4 Å². The average molecular weight is 751 g/mol. The van der Waals surface area contributed by atoms with Gasteiger partial charge in [0.1, 0.15) is 24.0 Å². The Kier molecular flexibility index (Phi) is 13.1. The van der Waals surface area contributed by atoms with Crippen LogP contribution in [0.3, 0.4) is 0 Å². The number of rotatable bonds is 15. The summed E-state index contributed by atoms with van der Waals surface area (Å²) in [5.41, 5.74) is -4.51. The van der Waals surface area contributed by atoms with E-state index in [4.69, 9.17) is 23.3 Å². The van der Waals surface area contributed by atoms with Crippen LogP contribution in [0.4, 0.5) is 9.18 Å². The fourth-order valence-corrected chi connectivity index (χ4v) is 6.50. The van der Waals surface area contributed by atoms with Crippen molar-refractivity contribution >= 4 is 25.8 Å². The zero-order valence-corrected chi connectivity index (χ0v) is 29.8. The van der Waals surface area contributed by atoms with Crippen LogP contribution in [0, 0.1) is 0 Å². The third-order valence-electron chi connectivity index (χ3n) is 7.65. The van der Waals surface area contributed by atoms with Crippen molar-refractivity contribution in [1.29, 1.82) is 0 Å². The number of alkyl carbamates (subject to hydrolysis) is 1. The van der Waals surface area contributed by atoms with Crippen LogP contribution in [0.1, 0.15) is 45.5 Å². The molecule has 0 saturated carbocycles. The van der Waals surface area contributed by atoms with Crippen LogP contribution in [0.15, 0.2) is 82.5 Å². The van der Waals surface area contributed by atoms with Gasteiger partial charge in [-0.1, -0.05) is 48.5 Å². The molecule has 1 aromatic heterocycles. The van der Waals surface area contributed by atoms with Crippen molar-refractivity contribution in [2.24, 2.45) is 0 Å². The highest BCUT2D eigenvalue weighted by atomic mass is 31.2. The monoisotopic (exact) mass is 750 g/mol. The van der Waals surface area contributed by atoms with Gasteiger partial charge in [-0.25, -0.2) is 27.9 Å². The standard InChI is InChI=1S/C33H40FN4O13P/c1-20(2)49-28(41)21(3)36-52(45,51-23-14-10-7-11-15-23)48-18-24-27(40)33(4,34)30(50-24)37-17-16-25(39)38(32(37)44)19-47-29(42)26(35-31(43)46-5)22-12-8-6-9-13-22/h6-17,20-21,24,26-27,30,40H,18-19H2,1-5H3,(H,35,43)(H,36,45)/t21?,24-,26?,27-,30-,33-,52?/m1/s1. The molecule has 282 valence electrons. The van der Waals surface area contributed by atoms with E-state index in [1.807, 2.05) is 0 Å². The minimum atomic E-state index is -4.45. The first kappa shape index (κ1) is 39.9. The Labute approximate surface area is 297 Å². The first-order valence-corrected chi connectivity index (χ1v) is 17.5. The Hall–Kier alpha value is -4.87. The molecule has 52 heavy (non-hydrogen) atoms. The number of hydrogen-bond donors (Lipinski definition) is 3. The number of carbonyl (C=O) groups excluding carboxylic acids is 3. The minimum Gasteiger partial charge on any atom is -0.462 e. The summed E-state index contributed by atoms with van der Waals surface area (Å²) in [5, 5.41) is 15.7. The molecule has 2 aromatic carbocycles. The molecule has 7 atom stereocenters. The summed E-state index contributed by atoms with van der Waals surface area (Å²) in [5.74, 6) is -1.73. The number of amides is 1. The first-order chi connectivity index (χ1) is 24.6. The molecule has 1 amide bonds. The van der Waals surface area contributed by atoms with E-state index >= 15 is 4.39 Å². The van der Waals surface area contributed by atoms with Crippen molar-refractivity contribution in [2.45, 2.75) is 76.7 Å². The van der Waals surface area contributed by atoms with Crippen LogP contribution in [0.25, 0.3) is 0 Å². The van der Waals surface area contributed by atoms with Gasteiger partial charge in [-0.15, -0.1) is 0 Å². The lowest BCUT2D eigenvalue weighted by molar-refractivity contribution is -0.150. The summed E-state index contributed by atoms with van der Waals surface area (Å²) >= 11 is 0. The number of aliphatic hydroxyl groups excluding tert-OH is 1. The van der Waals surface area contributed by atoms with Gasteiger partial charge in [-0.3, -0.25) is 18.7 Å². The number of para-hydroxylation sites is 1. The minimum absolute atomic E-state index is 0.0922. The lowest BCUT2D eigenvalue weighted by Gasteiger charge is -2.26. The SMILES string of the molecule is COC(=O)NC(C(=O)OCn1c(=O)ccn([C@@H]2O[C@H](COP(=O)(NC(C)C(=O)OC(C)C)Oc3ccccc3)[C@@H](O)[C@@]2(C)F)c1=O)c1ccccc1. The van der Waals surface area contributed by atoms with E-state index in [-0.39, 0.29) is 5.75 Å². The summed E-state index contributed by atoms with van der Waals surface area (Å²) in [6.45, 7) is 3.84. The van der Waals surface area contributed by atoms with Gasteiger partial charge >= 0.3 is 31.5 Å². The van der Waals surface area contributed by atoms with Gasteiger partial charge in [0.2, 0.25) is 0 Å². The molecule has 19 heteroatoms. The predicted molar refractivity (Wildman–Crippen MR) is 180 cm³/mol. The second-order valence-electron chi connectivity index (χ2n) is 12.0. The third-order valence-corrected chi connectivity index (χ3v) is 9.30. The van der Waals surface area contributed by atoms with Gasteiger partial charge in [0, 0.05) is 12.3 Å². The molecular weight excluding hydrogens is 710 g/mol. The lowest BCUT2D eigenvalue weighted by Crippen LogP contribution is -2.47. The number of nitrogens with one attached hydrogen (secondary N) is 2. The molecule has 0 bridgehead atoms. The Balaban J connectivity index is 1.53. The van der Waals surface area contributed by atoms with Crippen LogP contribution in [0.5, 0.6) is 5.75 Å². The van der Waals surface area contributed by atoms with E-state index in [1.165, 1.54) is 31.2 Å². The third kappa shape index (κ3) is 9.71. The van der Waals surface area contributed by atoms with E-state index in [1.54, 1.807) is 50.2 Å². The van der Waals surface area contributed by atoms with E-state index in [9.17, 15) is 33.6 Å². The topological polar surface area (TPSA) is 212 Å². The van der Waals surface area contributed by atoms with Crippen molar-refractivity contribution in [3.05, 3.63) is 99.3 Å². The predicted octanol–water partition coefficient (Wildman–Crippen LogP) is 2.73. The van der Waals surface area contributed by atoms with Crippen LogP contribution >= 0.6 is 7.75 Å². The number of hydrogen-bond acceptors (Lipinski definition) is 13. The Bertz CT molecular complexity index is 1870. The Morgan fingerprint density at radius 2 is 1.65 bits per heavy atom. The van der Waals surface area contributed by atoms with E-state index < -0.39 is 92.7 Å². The summed E-state index contributed by atoms with van der Waals surface area (Å²) in [4.78, 5) is 63.6. The number of alkyl halides is 1. The van der Waals surface area contributed by atoms with Crippen LogP contribution in [0.2, 0.25) is 0 Å². The lowest BCUT2D eigenvalue weighted by atomic mass is 9.98. The van der Waals surface area contributed by atoms with Gasteiger partial charge < -0.3 is 33.9 Å². The maximum atomic E-state index is 16.2. The number of aromatic nitrogens is 2. The van der Waals surface area contributed by atoms with Crippen LogP contribution in [-0.2, 0) is 44.4 Å². The van der Waals surface area contributed by atoms with Crippen LogP contribution < -0.4 is 26.2 Å². The molecule has 1 saturated heterocycles. The van der Waals surface area contributed by atoms with Gasteiger partial charge in [-0.2, -0.15) is 5.09 Å². The molecule has 3 aromatic rings. The second-order valence-corrected chi connectivity index (χ2v) is 13.7. The fraction of sp³-hybridized carbons (Fsp3) is 0.424. The molecule has 3 N–H and O–H groups in total. The quantitative estimate of drug-likeness (QED) is 0.116. The number of carbonyl (C=O) groups is 3. The van der Waals surface area contributed by atoms with Gasteiger partial charge in [-0.05, 0) is 45.4 Å². The molecule has 2 heterocycles. The van der Waals surface area contributed by atoms with E-state index in [2.05, 4.69) is 15.1 Å². The summed E-state index contributed by atoms with van der Waals surface area (Å²) < 4.78 is 63.0. The number of methoxy groups -OCH3 is 1. The molecule has 1 aliphatic rings. The van der Waals surface area contributed by atoms with Crippen LogP contribution in [-0.4, -0.2) is 76.0 Å². The largest absolute Gasteiger partial charge is 0.462 e. The Morgan fingerprint density at radius 3 is 2.27 bits per heavy atom. The van der Waals surface area contributed by atoms with Crippen molar-refractivity contribution in [3.63, 3.8) is 0 Å². The highest BCUT2D eigenvalue weighted by Gasteiger charge is 2.56. The van der Waals surface area contributed by atoms with Crippen molar-refractivity contribution in [1.82, 2.24) is 19.5 Å². The smallest absolute Gasteiger partial charge is 0.459 e. The molecule has 0 spiro atoms. The number of nitrogens with zero attached hydrogens (tertiary/aromatic N) is 2. The highest BCUT2D eigenvalue weighted by molar-refractivity contribution is 7.52. The van der Waals surface area contributed by atoms with Crippen molar-refractivity contribution in [2.75, 3.05) is 13.7 Å². The number of halogens is 1. The molecule has 0 aliphatic carbocycles. The molecule has 0 radical (unpaired) electrons. The molecule has 1 fully saturated rings. The fourth-order valence-electron chi connectivity index (χ4n) is 5.00. The summed E-state index contributed by atoms with van der Waals surface area (Å²) in [6, 6.07) is 14.1. The highest BCUT2D eigenvalue weighted by Crippen LogP contribution is 2.47. The number of aliphatic hydroxyl groups is 1. The van der Waals surface area contributed by atoms with Crippen molar-refractivity contribution in [3.8, 4) is 5.75 Å². The van der Waals surface area contributed by atoms with Gasteiger partial charge in [0.15, 0.2) is 24.7 Å². The average Bonchev–Trinajstić information content (AvgIpc) is 3.33. The first-order valence-electron chi connectivity index (χ1n) is 15.9. The molecule has 4 rings (SSSR count). The number of benzene rings is 2. The Morgan fingerprint density at radius 1 is 1.02 bits per heavy atom. The van der Waals surface area contributed by atoms with Gasteiger partial charge in [0.05, 0.1) is 19.8 Å². The normalized spacial score (nSPS) is 22.1. The molecule has 1 aliphatic heterocycles. The van der Waals surface area contributed by atoms with E-state index in [0.29, 0.717) is 14.7 Å². The zero-order chi connectivity index (χ0) is 38.2. The molecule has 17 nitrogen and oxygen atoms in total. The second kappa shape index (κ2) is 17.1. The van der Waals surface area contributed by atoms with E-state index in [0.717, 1.165) is 26.3 Å². The number of esters is 2. The van der Waals surface area contributed by atoms with Gasteiger partial charge in [0.25, 0.3) is 5.56 Å². The maximum Gasteiger partial charge on any atom is 0.459 e. The molecule has 3 unspecified atom stereocenters. The molecular formula is C33H40FN4O13P.